The average molecular weight is 521 g/mol. The molecular weight excluding hydrogens is 476 g/mol. The lowest BCUT2D eigenvalue weighted by Crippen LogP contribution is -2.25. The minimum Gasteiger partial charge on any atom is -0.494 e. The number of hydrogen-bond acceptors (Lipinski definition) is 5. The Morgan fingerprint density at radius 3 is 2.00 bits per heavy atom. The van der Waals surface area contributed by atoms with Gasteiger partial charge in [0.15, 0.2) is 0 Å². The predicted molar refractivity (Wildman–Crippen MR) is 152 cm³/mol. The molecule has 0 atom stereocenters. The number of hydrogen-bond donors (Lipinski definition) is 0. The Balaban J connectivity index is 1.38. The van der Waals surface area contributed by atoms with Gasteiger partial charge in [0, 0.05) is 0 Å². The first-order valence-corrected chi connectivity index (χ1v) is 14.5. The molecule has 5 heteroatoms. The average Bonchev–Trinajstić information content (AvgIpc) is 2.94. The number of ether oxygens (including phenoxy) is 3. The van der Waals surface area contributed by atoms with E-state index in [1.165, 1.54) is 32.1 Å². The van der Waals surface area contributed by atoms with Crippen LogP contribution in [0.5, 0.6) is 17.2 Å². The Bertz CT molecular complexity index is 985. The molecule has 0 aliphatic heterocycles. The minimum atomic E-state index is -0.443. The van der Waals surface area contributed by atoms with Crippen LogP contribution in [0.2, 0.25) is 0 Å². The summed E-state index contributed by atoms with van der Waals surface area (Å²) in [6.45, 7) is 5.09. The maximum atomic E-state index is 12.6. The highest BCUT2D eigenvalue weighted by atomic mass is 16.5. The SMILES string of the molecule is CCC/C=C/C1CCC(C(=O)Oc2ccc(OC(=O)c3ccc(OCCCCCCCC)cc3)cc2)CC1. The summed E-state index contributed by atoms with van der Waals surface area (Å²) in [6.07, 6.45) is 18.0. The zero-order valence-electron chi connectivity index (χ0n) is 23.2. The van der Waals surface area contributed by atoms with Gasteiger partial charge in [0.1, 0.15) is 17.2 Å². The van der Waals surface area contributed by atoms with E-state index in [4.69, 9.17) is 14.2 Å². The third-order valence-electron chi connectivity index (χ3n) is 7.08. The fraction of sp³-hybridized carbons (Fsp3) is 0.515. The van der Waals surface area contributed by atoms with E-state index in [2.05, 4.69) is 26.0 Å². The Hall–Kier alpha value is -3.08. The van der Waals surface area contributed by atoms with E-state index in [0.29, 0.717) is 29.6 Å². The fourth-order valence-corrected chi connectivity index (χ4v) is 4.70. The van der Waals surface area contributed by atoms with Gasteiger partial charge in [-0.15, -0.1) is 0 Å². The van der Waals surface area contributed by atoms with Crippen molar-refractivity contribution in [2.75, 3.05) is 6.61 Å². The van der Waals surface area contributed by atoms with Gasteiger partial charge in [-0.3, -0.25) is 4.79 Å². The van der Waals surface area contributed by atoms with Gasteiger partial charge < -0.3 is 14.2 Å². The third-order valence-corrected chi connectivity index (χ3v) is 7.08. The summed E-state index contributed by atoms with van der Waals surface area (Å²) in [7, 11) is 0. The van der Waals surface area contributed by atoms with E-state index in [1.54, 1.807) is 48.5 Å². The van der Waals surface area contributed by atoms with Crippen molar-refractivity contribution in [3.63, 3.8) is 0 Å². The molecule has 2 aromatic rings. The van der Waals surface area contributed by atoms with Crippen LogP contribution in [0.4, 0.5) is 0 Å². The van der Waals surface area contributed by atoms with E-state index in [0.717, 1.165) is 50.7 Å². The second kappa shape index (κ2) is 16.7. The van der Waals surface area contributed by atoms with Crippen LogP contribution in [-0.2, 0) is 4.79 Å². The summed E-state index contributed by atoms with van der Waals surface area (Å²) in [5, 5.41) is 0. The molecule has 1 saturated carbocycles. The lowest BCUT2D eigenvalue weighted by atomic mass is 9.82. The third kappa shape index (κ3) is 10.4. The Morgan fingerprint density at radius 1 is 0.737 bits per heavy atom. The van der Waals surface area contributed by atoms with E-state index in [1.807, 2.05) is 0 Å². The van der Waals surface area contributed by atoms with Crippen molar-refractivity contribution >= 4 is 11.9 Å². The van der Waals surface area contributed by atoms with Crippen molar-refractivity contribution in [2.24, 2.45) is 11.8 Å². The predicted octanol–water partition coefficient (Wildman–Crippen LogP) is 8.71. The highest BCUT2D eigenvalue weighted by Crippen LogP contribution is 2.31. The molecular formula is C33H44O5. The minimum absolute atomic E-state index is 0.0546. The first kappa shape index (κ1) is 29.5. The smallest absolute Gasteiger partial charge is 0.343 e. The molecule has 1 fully saturated rings. The molecule has 5 nitrogen and oxygen atoms in total. The van der Waals surface area contributed by atoms with Crippen LogP contribution in [0.3, 0.4) is 0 Å². The molecule has 0 heterocycles. The van der Waals surface area contributed by atoms with Crippen molar-refractivity contribution < 1.29 is 23.8 Å². The van der Waals surface area contributed by atoms with Crippen molar-refractivity contribution in [1.82, 2.24) is 0 Å². The summed E-state index contributed by atoms with van der Waals surface area (Å²) in [5.74, 6) is 1.52. The van der Waals surface area contributed by atoms with E-state index in [-0.39, 0.29) is 11.9 Å². The van der Waals surface area contributed by atoms with Gasteiger partial charge in [-0.1, -0.05) is 64.5 Å². The second-order valence-corrected chi connectivity index (χ2v) is 10.3. The number of unbranched alkanes of at least 4 members (excludes halogenated alkanes) is 6. The van der Waals surface area contributed by atoms with E-state index < -0.39 is 5.97 Å². The van der Waals surface area contributed by atoms with Crippen LogP contribution in [0.15, 0.2) is 60.7 Å². The highest BCUT2D eigenvalue weighted by Gasteiger charge is 2.26. The van der Waals surface area contributed by atoms with Crippen LogP contribution in [0.1, 0.15) is 101 Å². The summed E-state index contributed by atoms with van der Waals surface area (Å²) < 4.78 is 16.9. The summed E-state index contributed by atoms with van der Waals surface area (Å²) in [6, 6.07) is 13.6. The molecule has 2 aromatic carbocycles. The molecule has 1 aliphatic rings. The molecule has 0 bridgehead atoms. The fourth-order valence-electron chi connectivity index (χ4n) is 4.70. The second-order valence-electron chi connectivity index (χ2n) is 10.3. The van der Waals surface area contributed by atoms with E-state index in [9.17, 15) is 9.59 Å². The number of benzene rings is 2. The largest absolute Gasteiger partial charge is 0.494 e. The number of carbonyl (C=O) groups is 2. The van der Waals surface area contributed by atoms with Crippen LogP contribution in [0, 0.1) is 11.8 Å². The van der Waals surface area contributed by atoms with Crippen molar-refractivity contribution in [3.05, 3.63) is 66.2 Å². The normalized spacial score (nSPS) is 17.3. The van der Waals surface area contributed by atoms with Gasteiger partial charge in [0.2, 0.25) is 0 Å². The molecule has 0 radical (unpaired) electrons. The topological polar surface area (TPSA) is 61.8 Å². The van der Waals surface area contributed by atoms with Gasteiger partial charge >= 0.3 is 11.9 Å². The molecule has 0 saturated heterocycles. The Labute approximate surface area is 228 Å². The van der Waals surface area contributed by atoms with Crippen molar-refractivity contribution in [1.29, 1.82) is 0 Å². The summed E-state index contributed by atoms with van der Waals surface area (Å²) >= 11 is 0. The van der Waals surface area contributed by atoms with Gasteiger partial charge in [-0.25, -0.2) is 4.79 Å². The van der Waals surface area contributed by atoms with Gasteiger partial charge in [-0.05, 0) is 93.0 Å². The van der Waals surface area contributed by atoms with Crippen molar-refractivity contribution in [2.45, 2.75) is 90.9 Å². The number of carbonyl (C=O) groups excluding carboxylic acids is 2. The Kier molecular flexibility index (Phi) is 13.0. The lowest BCUT2D eigenvalue weighted by molar-refractivity contribution is -0.140. The molecule has 0 N–H and O–H groups in total. The maximum absolute atomic E-state index is 12.6. The molecule has 38 heavy (non-hydrogen) atoms. The number of rotatable bonds is 15. The first-order valence-electron chi connectivity index (χ1n) is 14.5. The maximum Gasteiger partial charge on any atom is 0.343 e. The number of esters is 2. The number of allylic oxidation sites excluding steroid dienone is 2. The van der Waals surface area contributed by atoms with Gasteiger partial charge in [-0.2, -0.15) is 0 Å². The molecule has 3 rings (SSSR count). The zero-order valence-corrected chi connectivity index (χ0v) is 23.2. The molecule has 206 valence electrons. The van der Waals surface area contributed by atoms with Crippen LogP contribution in [0.25, 0.3) is 0 Å². The van der Waals surface area contributed by atoms with Crippen LogP contribution < -0.4 is 14.2 Å². The molecule has 1 aliphatic carbocycles. The first-order chi connectivity index (χ1) is 18.6. The molecule has 0 unspecified atom stereocenters. The molecule has 0 aromatic heterocycles. The quantitative estimate of drug-likeness (QED) is 0.102. The standard InChI is InChI=1S/C33H44O5/c1-3-5-7-8-9-11-25-36-29-19-17-28(18-20-29)33(35)38-31-23-21-30(22-24-31)37-32(34)27-15-13-26(14-16-27)12-10-6-4-2/h10,12,17-24,26-27H,3-9,11,13-16,25H2,1-2H3/b12-10+. The zero-order chi connectivity index (χ0) is 27.0. The summed E-state index contributed by atoms with van der Waals surface area (Å²) in [5.41, 5.74) is 0.451. The molecule has 0 amide bonds. The lowest BCUT2D eigenvalue weighted by Gasteiger charge is -2.25. The van der Waals surface area contributed by atoms with Gasteiger partial charge in [0.05, 0.1) is 18.1 Å². The van der Waals surface area contributed by atoms with Crippen molar-refractivity contribution in [3.8, 4) is 17.2 Å². The van der Waals surface area contributed by atoms with E-state index >= 15 is 0 Å². The Morgan fingerprint density at radius 2 is 1.34 bits per heavy atom. The highest BCUT2D eigenvalue weighted by molar-refractivity contribution is 5.91. The van der Waals surface area contributed by atoms with Crippen LogP contribution >= 0.6 is 0 Å². The monoisotopic (exact) mass is 520 g/mol. The summed E-state index contributed by atoms with van der Waals surface area (Å²) in [4.78, 5) is 25.1. The van der Waals surface area contributed by atoms with Crippen LogP contribution in [-0.4, -0.2) is 18.5 Å². The van der Waals surface area contributed by atoms with Gasteiger partial charge in [0.25, 0.3) is 0 Å². The molecule has 0 spiro atoms.